The molecule has 12 N–H and O–H groups in total. The Morgan fingerprint density at radius 1 is 0.468 bits per heavy atom. The van der Waals surface area contributed by atoms with Crippen LogP contribution >= 0.6 is 0 Å². The fraction of sp³-hybridized carbons (Fsp3) is 0.879. The van der Waals surface area contributed by atoms with Gasteiger partial charge in [-0.25, -0.2) is 0 Å². The van der Waals surface area contributed by atoms with E-state index in [1.165, 1.54) is 89.9 Å². The molecule has 1 amide bonds. The van der Waals surface area contributed by atoms with Gasteiger partial charge in [0.1, 0.15) is 73.2 Å². The second-order valence-electron chi connectivity index (χ2n) is 21.5. The van der Waals surface area contributed by atoms with Crippen molar-refractivity contribution in [2.75, 3.05) is 26.4 Å². The number of amides is 1. The number of rotatable bonds is 43. The van der Waals surface area contributed by atoms with E-state index < -0.39 is 124 Å². The summed E-state index contributed by atoms with van der Waals surface area (Å²) < 4.78 is 34.1. The number of ether oxygens (including phenoxy) is 6. The molecule has 19 heteroatoms. The maximum atomic E-state index is 13.2. The number of aliphatic hydroxyl groups excluding tert-OH is 11. The lowest BCUT2D eigenvalue weighted by Crippen LogP contribution is -2.66. The molecule has 3 aliphatic heterocycles. The van der Waals surface area contributed by atoms with Crippen LogP contribution in [0.1, 0.15) is 194 Å². The lowest BCUT2D eigenvalue weighted by atomic mass is 9.96. The van der Waals surface area contributed by atoms with Gasteiger partial charge in [-0.2, -0.15) is 0 Å². The van der Waals surface area contributed by atoms with Crippen LogP contribution in [0.5, 0.6) is 0 Å². The zero-order valence-corrected chi connectivity index (χ0v) is 46.7. The molecular weight excluding hydrogens is 999 g/mol. The van der Waals surface area contributed by atoms with Crippen molar-refractivity contribution in [1.82, 2.24) is 5.32 Å². The molecule has 0 radical (unpaired) electrons. The highest BCUT2D eigenvalue weighted by Crippen LogP contribution is 2.33. The third kappa shape index (κ3) is 26.2. The molecule has 0 saturated carbocycles. The largest absolute Gasteiger partial charge is 0.394 e. The summed E-state index contributed by atoms with van der Waals surface area (Å²) in [5.74, 6) is -0.253. The number of hydrogen-bond acceptors (Lipinski definition) is 18. The van der Waals surface area contributed by atoms with Crippen LogP contribution in [0, 0.1) is 0 Å². The van der Waals surface area contributed by atoms with Gasteiger partial charge in [0.05, 0.1) is 38.6 Å². The van der Waals surface area contributed by atoms with Gasteiger partial charge in [-0.15, -0.1) is 0 Å². The van der Waals surface area contributed by atoms with Crippen molar-refractivity contribution in [3.8, 4) is 0 Å². The van der Waals surface area contributed by atoms with Crippen molar-refractivity contribution in [2.45, 2.75) is 298 Å². The lowest BCUT2D eigenvalue weighted by molar-refractivity contribution is -0.379. The van der Waals surface area contributed by atoms with Gasteiger partial charge in [-0.1, -0.05) is 172 Å². The summed E-state index contributed by atoms with van der Waals surface area (Å²) in [4.78, 5) is 13.2. The van der Waals surface area contributed by atoms with Crippen LogP contribution in [0.4, 0.5) is 0 Å². The Morgan fingerprint density at radius 3 is 1.34 bits per heavy atom. The Labute approximate surface area is 460 Å². The Balaban J connectivity index is 1.36. The van der Waals surface area contributed by atoms with Gasteiger partial charge in [0, 0.05) is 6.42 Å². The zero-order valence-electron chi connectivity index (χ0n) is 46.7. The van der Waals surface area contributed by atoms with Crippen molar-refractivity contribution >= 4 is 5.91 Å². The van der Waals surface area contributed by atoms with Crippen molar-refractivity contribution < 1.29 is 89.4 Å². The second-order valence-corrected chi connectivity index (χ2v) is 21.5. The fourth-order valence-electron chi connectivity index (χ4n) is 10.0. The first kappa shape index (κ1) is 69.3. The topological polar surface area (TPSA) is 307 Å². The molecule has 17 atom stereocenters. The third-order valence-electron chi connectivity index (χ3n) is 15.0. The van der Waals surface area contributed by atoms with E-state index in [4.69, 9.17) is 28.4 Å². The molecule has 0 aromatic heterocycles. The standard InChI is InChI=1S/C58H105NO18/c1-3-5-7-9-10-11-12-13-14-15-16-17-18-19-20-21-22-23-24-25-26-27-28-29-30-32-34-36-46(64)59-41(42(63)35-33-31-8-6-4-2)40-72-56-52(70)49(67)54(44(38-61)74-56)77-58-53(71)50(68)55(45(39-62)75-58)76-57-51(69)48(66)47(65)43(37-60)73-57/h12-13,15-16,18-19,41-45,47-58,60-63,65-71H,3-11,14,17,20-40H2,1-2H3,(H,59,64)/b13-12-,16-15-,19-18-. The highest BCUT2D eigenvalue weighted by atomic mass is 16.8. The smallest absolute Gasteiger partial charge is 0.220 e. The second kappa shape index (κ2) is 41.9. The third-order valence-corrected chi connectivity index (χ3v) is 15.0. The SMILES string of the molecule is CCCCCCC/C=C\C/C=C\C/C=C\CCCCCCCCCCCCCCC(=O)NC(COC1OC(CO)C(OC2OC(CO)C(OC3OC(CO)C(O)C(O)C3O)C(O)C2O)C(O)C1O)C(O)CCCCCCC. The molecule has 0 aliphatic carbocycles. The summed E-state index contributed by atoms with van der Waals surface area (Å²) in [6.45, 7) is 1.66. The van der Waals surface area contributed by atoms with E-state index in [0.717, 1.165) is 70.6 Å². The lowest BCUT2D eigenvalue weighted by Gasteiger charge is -2.48. The van der Waals surface area contributed by atoms with Gasteiger partial charge < -0.3 is 89.9 Å². The number of carbonyl (C=O) groups excluding carboxylic acids is 1. The van der Waals surface area contributed by atoms with Crippen LogP contribution in [0.25, 0.3) is 0 Å². The predicted octanol–water partition coefficient (Wildman–Crippen LogP) is 4.93. The summed E-state index contributed by atoms with van der Waals surface area (Å²) in [6, 6.07) is -0.884. The normalized spacial score (nSPS) is 30.9. The Kier molecular flexibility index (Phi) is 37.7. The van der Waals surface area contributed by atoms with Gasteiger partial charge in [-0.05, 0) is 51.4 Å². The van der Waals surface area contributed by atoms with E-state index in [2.05, 4.69) is 55.6 Å². The minimum Gasteiger partial charge on any atom is -0.394 e. The molecule has 77 heavy (non-hydrogen) atoms. The average molecular weight is 1100 g/mol. The summed E-state index contributed by atoms with van der Waals surface area (Å²) in [5.41, 5.74) is 0. The zero-order chi connectivity index (χ0) is 56.2. The molecule has 17 unspecified atom stereocenters. The summed E-state index contributed by atoms with van der Waals surface area (Å²) >= 11 is 0. The van der Waals surface area contributed by atoms with Crippen molar-refractivity contribution in [1.29, 1.82) is 0 Å². The average Bonchev–Trinajstić information content (AvgIpc) is 3.42. The van der Waals surface area contributed by atoms with Gasteiger partial charge in [0.25, 0.3) is 0 Å². The highest BCUT2D eigenvalue weighted by molar-refractivity contribution is 5.76. The van der Waals surface area contributed by atoms with E-state index in [-0.39, 0.29) is 18.9 Å². The number of aliphatic hydroxyl groups is 11. The Bertz CT molecular complexity index is 1550. The molecule has 3 aliphatic rings. The van der Waals surface area contributed by atoms with Crippen LogP contribution in [0.15, 0.2) is 36.5 Å². The molecule has 3 saturated heterocycles. The molecule has 19 nitrogen and oxygen atoms in total. The van der Waals surface area contributed by atoms with Gasteiger partial charge in [-0.3, -0.25) is 4.79 Å². The van der Waals surface area contributed by atoms with Crippen LogP contribution in [0.2, 0.25) is 0 Å². The van der Waals surface area contributed by atoms with Crippen molar-refractivity contribution in [3.05, 3.63) is 36.5 Å². The quantitative estimate of drug-likeness (QED) is 0.0285. The summed E-state index contributed by atoms with van der Waals surface area (Å²) in [5, 5.41) is 120. The van der Waals surface area contributed by atoms with Crippen molar-refractivity contribution in [2.24, 2.45) is 0 Å². The number of hydrogen-bond donors (Lipinski definition) is 12. The monoisotopic (exact) mass is 1100 g/mol. The van der Waals surface area contributed by atoms with Crippen molar-refractivity contribution in [3.63, 3.8) is 0 Å². The van der Waals surface area contributed by atoms with Crippen LogP contribution in [0.3, 0.4) is 0 Å². The molecule has 3 heterocycles. The molecular formula is C58H105NO18. The Morgan fingerprint density at radius 2 is 0.857 bits per heavy atom. The van der Waals surface area contributed by atoms with E-state index in [9.17, 15) is 61.0 Å². The van der Waals surface area contributed by atoms with E-state index in [1.54, 1.807) is 0 Å². The minimum atomic E-state index is -1.97. The maximum absolute atomic E-state index is 13.2. The molecule has 3 rings (SSSR count). The first-order valence-electron chi connectivity index (χ1n) is 29.7. The summed E-state index contributed by atoms with van der Waals surface area (Å²) in [7, 11) is 0. The first-order valence-corrected chi connectivity index (χ1v) is 29.7. The minimum absolute atomic E-state index is 0.253. The van der Waals surface area contributed by atoms with Gasteiger partial charge >= 0.3 is 0 Å². The maximum Gasteiger partial charge on any atom is 0.220 e. The number of carbonyl (C=O) groups is 1. The molecule has 0 aromatic carbocycles. The molecule has 0 spiro atoms. The number of unbranched alkanes of at least 4 members (excludes halogenated alkanes) is 21. The number of allylic oxidation sites excluding steroid dienone is 6. The molecule has 0 aromatic rings. The van der Waals surface area contributed by atoms with E-state index >= 15 is 0 Å². The first-order chi connectivity index (χ1) is 37.3. The highest BCUT2D eigenvalue weighted by Gasteiger charge is 2.53. The predicted molar refractivity (Wildman–Crippen MR) is 291 cm³/mol. The van der Waals surface area contributed by atoms with E-state index in [0.29, 0.717) is 12.8 Å². The molecule has 0 bridgehead atoms. The fourth-order valence-corrected chi connectivity index (χ4v) is 10.0. The van der Waals surface area contributed by atoms with E-state index in [1.807, 2.05) is 0 Å². The van der Waals surface area contributed by atoms with Gasteiger partial charge in [0.15, 0.2) is 18.9 Å². The van der Waals surface area contributed by atoms with Crippen LogP contribution in [-0.4, -0.2) is 193 Å². The number of nitrogens with one attached hydrogen (secondary N) is 1. The molecule has 3 fully saturated rings. The van der Waals surface area contributed by atoms with Gasteiger partial charge in [0.2, 0.25) is 5.91 Å². The summed E-state index contributed by atoms with van der Waals surface area (Å²) in [6.07, 6.45) is 17.5. The molecule has 450 valence electrons. The Hall–Kier alpha value is -1.99. The van der Waals surface area contributed by atoms with Crippen LogP contribution in [-0.2, 0) is 33.2 Å². The van der Waals surface area contributed by atoms with Crippen LogP contribution < -0.4 is 5.32 Å².